The van der Waals surface area contributed by atoms with Crippen molar-refractivity contribution in [2.75, 3.05) is 25.1 Å². The zero-order valence-corrected chi connectivity index (χ0v) is 13.2. The van der Waals surface area contributed by atoms with Crippen molar-refractivity contribution in [1.82, 2.24) is 4.98 Å². The molecular formula is C18H19N3O2. The Labute approximate surface area is 135 Å². The number of carbonyl (C=O) groups is 1. The number of rotatable bonds is 3. The Morgan fingerprint density at radius 3 is 2.78 bits per heavy atom. The molecule has 1 aliphatic rings. The molecule has 1 fully saturated rings. The van der Waals surface area contributed by atoms with Crippen molar-refractivity contribution >= 4 is 22.7 Å². The van der Waals surface area contributed by atoms with Gasteiger partial charge in [0, 0.05) is 18.5 Å². The first-order chi connectivity index (χ1) is 11.2. The lowest BCUT2D eigenvalue weighted by Gasteiger charge is -2.28. The largest absolute Gasteiger partial charge is 0.469 e. The molecule has 0 saturated carbocycles. The third kappa shape index (κ3) is 3.26. The topological polar surface area (TPSA) is 66.2 Å². The van der Waals surface area contributed by atoms with Crippen molar-refractivity contribution in [3.8, 4) is 6.07 Å². The van der Waals surface area contributed by atoms with Gasteiger partial charge < -0.3 is 9.64 Å². The number of benzene rings is 1. The lowest BCUT2D eigenvalue weighted by Crippen LogP contribution is -2.30. The molecule has 0 radical (unpaired) electrons. The number of pyridine rings is 1. The molecule has 118 valence electrons. The first kappa shape index (κ1) is 15.3. The Morgan fingerprint density at radius 2 is 2.09 bits per heavy atom. The highest BCUT2D eigenvalue weighted by Gasteiger charge is 2.17. The van der Waals surface area contributed by atoms with Gasteiger partial charge in [0.15, 0.2) is 0 Å². The van der Waals surface area contributed by atoms with Gasteiger partial charge in [-0.1, -0.05) is 6.07 Å². The van der Waals surface area contributed by atoms with E-state index < -0.39 is 0 Å². The van der Waals surface area contributed by atoms with Crippen LogP contribution in [0.4, 0.5) is 5.82 Å². The van der Waals surface area contributed by atoms with Crippen LogP contribution in [0.1, 0.15) is 30.4 Å². The molecule has 0 amide bonds. The highest BCUT2D eigenvalue weighted by molar-refractivity contribution is 5.85. The average Bonchev–Trinajstić information content (AvgIpc) is 2.61. The summed E-state index contributed by atoms with van der Waals surface area (Å²) in [6.45, 7) is 1.90. The minimum absolute atomic E-state index is 0.224. The smallest absolute Gasteiger partial charge is 0.309 e. The molecule has 0 spiro atoms. The molecule has 2 heterocycles. The van der Waals surface area contributed by atoms with E-state index in [4.69, 9.17) is 9.72 Å². The maximum atomic E-state index is 11.4. The number of esters is 1. The fourth-order valence-electron chi connectivity index (χ4n) is 2.99. The summed E-state index contributed by atoms with van der Waals surface area (Å²) in [5.41, 5.74) is 2.30. The van der Waals surface area contributed by atoms with Gasteiger partial charge in [-0.25, -0.2) is 4.98 Å². The third-order valence-electron chi connectivity index (χ3n) is 4.21. The van der Waals surface area contributed by atoms with Crippen LogP contribution in [0, 0.1) is 11.3 Å². The minimum atomic E-state index is -0.275. The molecule has 1 aromatic carbocycles. The number of nitriles is 1. The number of hydrogen-bond acceptors (Lipinski definition) is 5. The molecule has 0 unspecified atom stereocenters. The number of hydrogen-bond donors (Lipinski definition) is 0. The predicted molar refractivity (Wildman–Crippen MR) is 88.2 cm³/mol. The van der Waals surface area contributed by atoms with E-state index in [1.54, 1.807) is 0 Å². The lowest BCUT2D eigenvalue weighted by atomic mass is 10.1. The van der Waals surface area contributed by atoms with Crippen LogP contribution in [0.5, 0.6) is 0 Å². The van der Waals surface area contributed by atoms with Gasteiger partial charge in [0.2, 0.25) is 0 Å². The van der Waals surface area contributed by atoms with E-state index in [0.717, 1.165) is 48.2 Å². The summed E-state index contributed by atoms with van der Waals surface area (Å²) in [5, 5.41) is 10.3. The number of piperidine rings is 1. The van der Waals surface area contributed by atoms with E-state index >= 15 is 0 Å². The van der Waals surface area contributed by atoms with Gasteiger partial charge in [-0.05, 0) is 43.0 Å². The summed E-state index contributed by atoms with van der Waals surface area (Å²) < 4.78 is 4.70. The molecule has 0 aliphatic carbocycles. The van der Waals surface area contributed by atoms with Crippen LogP contribution in [-0.2, 0) is 16.0 Å². The monoisotopic (exact) mass is 309 g/mol. The predicted octanol–water partition coefficient (Wildman–Crippen LogP) is 2.81. The van der Waals surface area contributed by atoms with Crippen LogP contribution in [0.2, 0.25) is 0 Å². The van der Waals surface area contributed by atoms with E-state index in [2.05, 4.69) is 11.0 Å². The Morgan fingerprint density at radius 1 is 1.30 bits per heavy atom. The maximum Gasteiger partial charge on any atom is 0.309 e. The van der Waals surface area contributed by atoms with Gasteiger partial charge in [0.05, 0.1) is 24.6 Å². The fraction of sp³-hybridized carbons (Fsp3) is 0.389. The summed E-state index contributed by atoms with van der Waals surface area (Å²) in [6, 6.07) is 9.82. The normalized spacial score (nSPS) is 14.5. The lowest BCUT2D eigenvalue weighted by molar-refractivity contribution is -0.139. The molecule has 5 heteroatoms. The average molecular weight is 309 g/mol. The van der Waals surface area contributed by atoms with Gasteiger partial charge >= 0.3 is 5.97 Å². The molecular weight excluding hydrogens is 290 g/mol. The molecule has 0 atom stereocenters. The second-order valence-corrected chi connectivity index (χ2v) is 5.80. The first-order valence-corrected chi connectivity index (χ1v) is 7.87. The first-order valence-electron chi connectivity index (χ1n) is 7.87. The number of anilines is 1. The molecule has 23 heavy (non-hydrogen) atoms. The number of nitrogens with zero attached hydrogens (tertiary/aromatic N) is 3. The Bertz CT molecular complexity index is 774. The molecule has 1 saturated heterocycles. The van der Waals surface area contributed by atoms with Gasteiger partial charge in [0.25, 0.3) is 0 Å². The summed E-state index contributed by atoms with van der Waals surface area (Å²) in [6.07, 6.45) is 3.75. The molecule has 0 bridgehead atoms. The number of ether oxygens (including phenoxy) is 1. The van der Waals surface area contributed by atoms with E-state index in [-0.39, 0.29) is 12.4 Å². The molecule has 1 aromatic heterocycles. The van der Waals surface area contributed by atoms with Crippen LogP contribution in [0.15, 0.2) is 24.3 Å². The van der Waals surface area contributed by atoms with Crippen molar-refractivity contribution in [3.63, 3.8) is 0 Å². The number of aromatic nitrogens is 1. The minimum Gasteiger partial charge on any atom is -0.469 e. The quantitative estimate of drug-likeness (QED) is 0.816. The van der Waals surface area contributed by atoms with E-state index in [1.165, 1.54) is 13.5 Å². The summed E-state index contributed by atoms with van der Waals surface area (Å²) in [7, 11) is 1.38. The summed E-state index contributed by atoms with van der Waals surface area (Å²) >= 11 is 0. The zero-order valence-electron chi connectivity index (χ0n) is 13.2. The van der Waals surface area contributed by atoms with Crippen LogP contribution in [-0.4, -0.2) is 31.2 Å². The van der Waals surface area contributed by atoms with E-state index in [1.807, 2.05) is 24.3 Å². The maximum absolute atomic E-state index is 11.4. The van der Waals surface area contributed by atoms with Gasteiger partial charge in [0.1, 0.15) is 11.9 Å². The van der Waals surface area contributed by atoms with Crippen molar-refractivity contribution in [3.05, 3.63) is 35.4 Å². The van der Waals surface area contributed by atoms with Gasteiger partial charge in [-0.15, -0.1) is 0 Å². The van der Waals surface area contributed by atoms with Crippen molar-refractivity contribution in [2.45, 2.75) is 25.7 Å². The third-order valence-corrected chi connectivity index (χ3v) is 4.21. The fourth-order valence-corrected chi connectivity index (χ4v) is 2.99. The van der Waals surface area contributed by atoms with Crippen LogP contribution in [0.25, 0.3) is 10.9 Å². The van der Waals surface area contributed by atoms with Gasteiger partial charge in [-0.2, -0.15) is 5.26 Å². The van der Waals surface area contributed by atoms with Gasteiger partial charge in [-0.3, -0.25) is 4.79 Å². The van der Waals surface area contributed by atoms with Crippen LogP contribution in [0.3, 0.4) is 0 Å². The Hall–Kier alpha value is -2.61. The second kappa shape index (κ2) is 6.66. The van der Waals surface area contributed by atoms with Crippen molar-refractivity contribution in [2.24, 2.45) is 0 Å². The Kier molecular flexibility index (Phi) is 4.42. The number of fused-ring (bicyclic) bond motifs is 1. The van der Waals surface area contributed by atoms with E-state index in [0.29, 0.717) is 5.56 Å². The standard InChI is InChI=1S/C18H19N3O2/c1-23-17(22)10-13-5-6-16-14(9-13)11-15(12-19)18(20-16)21-7-3-2-4-8-21/h5-6,9,11H,2-4,7-8,10H2,1H3. The molecule has 0 N–H and O–H groups in total. The summed E-state index contributed by atoms with van der Waals surface area (Å²) in [5.74, 6) is 0.503. The SMILES string of the molecule is COC(=O)Cc1ccc2nc(N3CCCCC3)c(C#N)cc2c1. The van der Waals surface area contributed by atoms with Crippen LogP contribution < -0.4 is 4.90 Å². The Balaban J connectivity index is 1.99. The molecule has 2 aromatic rings. The summed E-state index contributed by atoms with van der Waals surface area (Å²) in [4.78, 5) is 18.3. The molecule has 3 rings (SSSR count). The highest BCUT2D eigenvalue weighted by atomic mass is 16.5. The van der Waals surface area contributed by atoms with Crippen molar-refractivity contribution in [1.29, 1.82) is 5.26 Å². The van der Waals surface area contributed by atoms with Crippen molar-refractivity contribution < 1.29 is 9.53 Å². The highest BCUT2D eigenvalue weighted by Crippen LogP contribution is 2.26. The number of carbonyl (C=O) groups excluding carboxylic acids is 1. The number of methoxy groups -OCH3 is 1. The van der Waals surface area contributed by atoms with E-state index in [9.17, 15) is 10.1 Å². The molecule has 1 aliphatic heterocycles. The second-order valence-electron chi connectivity index (χ2n) is 5.80. The zero-order chi connectivity index (χ0) is 16.2. The van der Waals surface area contributed by atoms with Crippen LogP contribution >= 0.6 is 0 Å². The molecule has 5 nitrogen and oxygen atoms in total.